The van der Waals surface area contributed by atoms with Gasteiger partial charge < -0.3 is 10.1 Å². The summed E-state index contributed by atoms with van der Waals surface area (Å²) in [5, 5.41) is 3.68. The zero-order valence-electron chi connectivity index (χ0n) is 8.81. The van der Waals surface area contributed by atoms with E-state index in [9.17, 15) is 0 Å². The largest absolute Gasteiger partial charge is 0.382 e. The summed E-state index contributed by atoms with van der Waals surface area (Å²) in [6.07, 6.45) is 3.21. The Kier molecular flexibility index (Phi) is 10.5. The third kappa shape index (κ3) is 10.1. The molecule has 1 N–H and O–H groups in total. The van der Waals surface area contributed by atoms with E-state index in [1.54, 1.807) is 0 Å². The van der Waals surface area contributed by atoms with Crippen LogP contribution in [0.4, 0.5) is 0 Å². The van der Waals surface area contributed by atoms with Crippen LogP contribution in [0.25, 0.3) is 0 Å². The van der Waals surface area contributed by atoms with E-state index in [1.165, 1.54) is 0 Å². The Balaban J connectivity index is 2.91. The Bertz CT molecular complexity index is 101. The molecule has 0 saturated heterocycles. The molecular formula is C10H22ClNO. The molecule has 13 heavy (non-hydrogen) atoms. The van der Waals surface area contributed by atoms with Gasteiger partial charge in [0.05, 0.1) is 0 Å². The highest BCUT2D eigenvalue weighted by atomic mass is 35.5. The third-order valence-corrected chi connectivity index (χ3v) is 2.45. The Labute approximate surface area is 87.0 Å². The minimum Gasteiger partial charge on any atom is -0.382 e. The number of halogens is 1. The first kappa shape index (κ1) is 13.2. The van der Waals surface area contributed by atoms with Crippen molar-refractivity contribution in [1.82, 2.24) is 5.32 Å². The highest BCUT2D eigenvalue weighted by Crippen LogP contribution is 2.04. The van der Waals surface area contributed by atoms with Gasteiger partial charge in [-0.25, -0.2) is 0 Å². The number of nitrogens with one attached hydrogen (secondary N) is 1. The quantitative estimate of drug-likeness (QED) is 0.463. The number of ether oxygens (including phenoxy) is 1. The van der Waals surface area contributed by atoms with Crippen molar-refractivity contribution in [2.75, 3.05) is 26.3 Å². The average Bonchev–Trinajstić information content (AvgIpc) is 2.16. The fraction of sp³-hybridized carbons (Fsp3) is 1.00. The van der Waals surface area contributed by atoms with Crippen LogP contribution in [-0.2, 0) is 4.74 Å². The van der Waals surface area contributed by atoms with Crippen molar-refractivity contribution in [2.45, 2.75) is 38.5 Å². The van der Waals surface area contributed by atoms with Crippen LogP contribution >= 0.6 is 11.6 Å². The lowest BCUT2D eigenvalue weighted by atomic mass is 10.2. The summed E-state index contributed by atoms with van der Waals surface area (Å²) in [6, 6.07) is 0. The fourth-order valence-electron chi connectivity index (χ4n) is 1.03. The van der Waals surface area contributed by atoms with E-state index in [4.69, 9.17) is 16.3 Å². The lowest BCUT2D eigenvalue weighted by molar-refractivity contribution is 0.145. The maximum Gasteiger partial charge on any atom is 0.0477 e. The summed E-state index contributed by atoms with van der Waals surface area (Å²) in [5.74, 6) is 0. The van der Waals surface area contributed by atoms with Crippen LogP contribution < -0.4 is 5.32 Å². The molecule has 0 aliphatic heterocycles. The maximum atomic E-state index is 5.96. The molecule has 0 bridgehead atoms. The van der Waals surface area contributed by atoms with Gasteiger partial charge in [0.1, 0.15) is 0 Å². The molecule has 0 aromatic rings. The van der Waals surface area contributed by atoms with Crippen molar-refractivity contribution in [2.24, 2.45) is 0 Å². The fourth-order valence-corrected chi connectivity index (χ4v) is 1.14. The van der Waals surface area contributed by atoms with Gasteiger partial charge in [-0.1, -0.05) is 6.92 Å². The highest BCUT2D eigenvalue weighted by Gasteiger charge is 1.98. The summed E-state index contributed by atoms with van der Waals surface area (Å²) in [7, 11) is 0. The van der Waals surface area contributed by atoms with Gasteiger partial charge in [-0.2, -0.15) is 0 Å². The first-order valence-electron chi connectivity index (χ1n) is 5.23. The van der Waals surface area contributed by atoms with Crippen molar-refractivity contribution >= 4 is 11.6 Å². The number of hydrogen-bond acceptors (Lipinski definition) is 2. The Hall–Kier alpha value is 0.210. The van der Waals surface area contributed by atoms with Gasteiger partial charge in [0.2, 0.25) is 0 Å². The second kappa shape index (κ2) is 10.3. The molecule has 1 atom stereocenters. The van der Waals surface area contributed by atoms with Crippen molar-refractivity contribution < 1.29 is 4.74 Å². The topological polar surface area (TPSA) is 21.3 Å². The van der Waals surface area contributed by atoms with Crippen LogP contribution in [0, 0.1) is 0 Å². The van der Waals surface area contributed by atoms with Crippen LogP contribution in [-0.4, -0.2) is 31.7 Å². The van der Waals surface area contributed by atoms with Crippen LogP contribution in [0.2, 0.25) is 0 Å². The molecule has 0 aliphatic rings. The summed E-state index contributed by atoms with van der Waals surface area (Å²) in [4.78, 5) is 0. The van der Waals surface area contributed by atoms with Crippen LogP contribution in [0.5, 0.6) is 0 Å². The van der Waals surface area contributed by atoms with Gasteiger partial charge in [-0.3, -0.25) is 0 Å². The van der Waals surface area contributed by atoms with Gasteiger partial charge in [0.25, 0.3) is 0 Å². The number of alkyl halides is 1. The second-order valence-electron chi connectivity index (χ2n) is 3.09. The van der Waals surface area contributed by atoms with E-state index < -0.39 is 0 Å². The van der Waals surface area contributed by atoms with Crippen LogP contribution in [0.1, 0.15) is 33.1 Å². The monoisotopic (exact) mass is 207 g/mol. The zero-order valence-corrected chi connectivity index (χ0v) is 9.57. The van der Waals surface area contributed by atoms with Crippen molar-refractivity contribution in [3.8, 4) is 0 Å². The van der Waals surface area contributed by atoms with E-state index >= 15 is 0 Å². The SMILES string of the molecule is CCOCCCNCCC(Cl)CC. The number of rotatable bonds is 9. The minimum absolute atomic E-state index is 0.333. The van der Waals surface area contributed by atoms with E-state index in [0.29, 0.717) is 5.38 Å². The van der Waals surface area contributed by atoms with Gasteiger partial charge in [0.15, 0.2) is 0 Å². The highest BCUT2D eigenvalue weighted by molar-refractivity contribution is 6.20. The van der Waals surface area contributed by atoms with Crippen LogP contribution in [0.3, 0.4) is 0 Å². The standard InChI is InChI=1S/C10H22ClNO/c1-3-10(11)6-8-12-7-5-9-13-4-2/h10,12H,3-9H2,1-2H3. The lowest BCUT2D eigenvalue weighted by Gasteiger charge is -2.07. The predicted octanol–water partition coefficient (Wildman–Crippen LogP) is 2.41. The molecule has 0 saturated carbocycles. The third-order valence-electron chi connectivity index (χ3n) is 1.92. The summed E-state index contributed by atoms with van der Waals surface area (Å²) in [6.45, 7) is 7.88. The van der Waals surface area contributed by atoms with E-state index in [-0.39, 0.29) is 0 Å². The molecule has 0 rings (SSSR count). The summed E-state index contributed by atoms with van der Waals surface area (Å²) >= 11 is 5.96. The molecule has 0 aromatic heterocycles. The van der Waals surface area contributed by atoms with E-state index in [1.807, 2.05) is 6.92 Å². The normalized spacial score (nSPS) is 13.2. The number of hydrogen-bond donors (Lipinski definition) is 1. The molecule has 0 heterocycles. The van der Waals surface area contributed by atoms with Gasteiger partial charge >= 0.3 is 0 Å². The smallest absolute Gasteiger partial charge is 0.0477 e. The zero-order chi connectivity index (χ0) is 9.94. The maximum absolute atomic E-state index is 5.96. The Morgan fingerprint density at radius 3 is 2.69 bits per heavy atom. The summed E-state index contributed by atoms with van der Waals surface area (Å²) in [5.41, 5.74) is 0. The molecule has 1 unspecified atom stereocenters. The lowest BCUT2D eigenvalue weighted by Crippen LogP contribution is -2.20. The molecule has 2 nitrogen and oxygen atoms in total. The molecule has 0 radical (unpaired) electrons. The molecule has 0 fully saturated rings. The van der Waals surface area contributed by atoms with Gasteiger partial charge in [-0.15, -0.1) is 11.6 Å². The van der Waals surface area contributed by atoms with Crippen molar-refractivity contribution in [3.05, 3.63) is 0 Å². The molecule has 3 heteroatoms. The molecular weight excluding hydrogens is 186 g/mol. The van der Waals surface area contributed by atoms with E-state index in [0.717, 1.165) is 45.6 Å². The Morgan fingerprint density at radius 2 is 2.08 bits per heavy atom. The molecule has 0 spiro atoms. The first-order chi connectivity index (χ1) is 6.31. The first-order valence-corrected chi connectivity index (χ1v) is 5.67. The summed E-state index contributed by atoms with van der Waals surface area (Å²) < 4.78 is 5.22. The Morgan fingerprint density at radius 1 is 1.31 bits per heavy atom. The van der Waals surface area contributed by atoms with Crippen LogP contribution in [0.15, 0.2) is 0 Å². The molecule has 0 amide bonds. The van der Waals surface area contributed by atoms with Gasteiger partial charge in [-0.05, 0) is 39.3 Å². The van der Waals surface area contributed by atoms with Crippen molar-refractivity contribution in [1.29, 1.82) is 0 Å². The molecule has 80 valence electrons. The minimum atomic E-state index is 0.333. The average molecular weight is 208 g/mol. The van der Waals surface area contributed by atoms with Gasteiger partial charge in [0, 0.05) is 18.6 Å². The second-order valence-corrected chi connectivity index (χ2v) is 3.71. The predicted molar refractivity (Wildman–Crippen MR) is 58.5 cm³/mol. The molecule has 0 aliphatic carbocycles. The molecule has 0 aromatic carbocycles. The van der Waals surface area contributed by atoms with E-state index in [2.05, 4.69) is 12.2 Å². The van der Waals surface area contributed by atoms with Crippen molar-refractivity contribution in [3.63, 3.8) is 0 Å².